The summed E-state index contributed by atoms with van der Waals surface area (Å²) in [4.78, 5) is 14.5. The summed E-state index contributed by atoms with van der Waals surface area (Å²) in [5.41, 5.74) is 0.975. The Morgan fingerprint density at radius 1 is 1.33 bits per heavy atom. The Kier molecular flexibility index (Phi) is 5.09. The topological polar surface area (TPSA) is 77.3 Å². The molecule has 6 nitrogen and oxygen atoms in total. The van der Waals surface area contributed by atoms with Crippen LogP contribution in [-0.4, -0.2) is 16.5 Å². The van der Waals surface area contributed by atoms with Crippen molar-refractivity contribution in [2.45, 2.75) is 20.0 Å². The first-order valence-electron chi connectivity index (χ1n) is 6.75. The fourth-order valence-corrected chi connectivity index (χ4v) is 1.77. The van der Waals surface area contributed by atoms with Crippen LogP contribution in [0.5, 0.6) is 5.75 Å². The summed E-state index contributed by atoms with van der Waals surface area (Å²) in [7, 11) is 0. The van der Waals surface area contributed by atoms with Gasteiger partial charge in [-0.05, 0) is 30.2 Å². The van der Waals surface area contributed by atoms with Crippen molar-refractivity contribution in [1.82, 2.24) is 4.98 Å². The Labute approximate surface area is 122 Å². The molecule has 0 bridgehead atoms. The van der Waals surface area contributed by atoms with E-state index in [2.05, 4.69) is 17.2 Å². The van der Waals surface area contributed by atoms with Crippen LogP contribution in [0.25, 0.3) is 0 Å². The summed E-state index contributed by atoms with van der Waals surface area (Å²) in [6.45, 7) is 3.29. The first-order chi connectivity index (χ1) is 10.2. The molecule has 0 radical (unpaired) electrons. The lowest BCUT2D eigenvalue weighted by Gasteiger charge is -2.08. The number of nitrogens with zero attached hydrogens (tertiary/aromatic N) is 2. The smallest absolute Gasteiger partial charge is 0.273 e. The van der Waals surface area contributed by atoms with E-state index in [4.69, 9.17) is 4.74 Å². The van der Waals surface area contributed by atoms with Crippen LogP contribution in [0.3, 0.4) is 0 Å². The van der Waals surface area contributed by atoms with Gasteiger partial charge in [-0.2, -0.15) is 0 Å². The molecule has 0 aliphatic rings. The van der Waals surface area contributed by atoms with Crippen LogP contribution >= 0.6 is 0 Å². The van der Waals surface area contributed by atoms with E-state index in [0.29, 0.717) is 12.4 Å². The molecule has 21 heavy (non-hydrogen) atoms. The maximum atomic E-state index is 10.7. The zero-order valence-electron chi connectivity index (χ0n) is 11.8. The maximum absolute atomic E-state index is 10.7. The molecular formula is C15H17N3O3. The lowest BCUT2D eigenvalue weighted by atomic mass is 10.2. The number of rotatable bonds is 7. The highest BCUT2D eigenvalue weighted by molar-refractivity contribution is 5.39. The Balaban J connectivity index is 1.99. The fraction of sp³-hybridized carbons (Fsp3) is 0.267. The molecule has 0 saturated carbocycles. The molecule has 0 aliphatic heterocycles. The van der Waals surface area contributed by atoms with Gasteiger partial charge in [0.25, 0.3) is 5.69 Å². The van der Waals surface area contributed by atoms with Crippen LogP contribution < -0.4 is 10.1 Å². The molecule has 1 heterocycles. The Morgan fingerprint density at radius 2 is 2.19 bits per heavy atom. The maximum Gasteiger partial charge on any atom is 0.273 e. The third-order valence-electron chi connectivity index (χ3n) is 2.81. The number of nitrogens with one attached hydrogen (secondary N) is 1. The van der Waals surface area contributed by atoms with Gasteiger partial charge in [0.15, 0.2) is 0 Å². The van der Waals surface area contributed by atoms with Gasteiger partial charge in [-0.3, -0.25) is 10.1 Å². The number of nitro benzene ring substituents is 1. The van der Waals surface area contributed by atoms with Crippen LogP contribution in [0.4, 0.5) is 11.5 Å². The van der Waals surface area contributed by atoms with Crippen LogP contribution in [0.15, 0.2) is 42.6 Å². The molecule has 1 N–H and O–H groups in total. The van der Waals surface area contributed by atoms with Crippen molar-refractivity contribution < 1.29 is 9.66 Å². The van der Waals surface area contributed by atoms with E-state index in [9.17, 15) is 10.1 Å². The van der Waals surface area contributed by atoms with Crippen LogP contribution in [0, 0.1) is 10.1 Å². The van der Waals surface area contributed by atoms with Crippen molar-refractivity contribution in [3.63, 3.8) is 0 Å². The number of hydrogen-bond acceptors (Lipinski definition) is 5. The molecule has 2 rings (SSSR count). The summed E-state index contributed by atoms with van der Waals surface area (Å²) in [6.07, 6.45) is 2.74. The molecule has 0 saturated heterocycles. The zero-order chi connectivity index (χ0) is 15.1. The Bertz CT molecular complexity index is 617. The number of pyridine rings is 1. The van der Waals surface area contributed by atoms with Crippen molar-refractivity contribution in [3.8, 4) is 5.75 Å². The van der Waals surface area contributed by atoms with Crippen molar-refractivity contribution in [1.29, 1.82) is 0 Å². The molecule has 0 spiro atoms. The Hall–Kier alpha value is -2.63. The highest BCUT2D eigenvalue weighted by atomic mass is 16.6. The van der Waals surface area contributed by atoms with E-state index in [0.717, 1.165) is 24.3 Å². The summed E-state index contributed by atoms with van der Waals surface area (Å²) in [6, 6.07) is 9.92. The van der Waals surface area contributed by atoms with Gasteiger partial charge in [-0.1, -0.05) is 13.0 Å². The lowest BCUT2D eigenvalue weighted by Crippen LogP contribution is -2.03. The molecule has 2 aromatic rings. The van der Waals surface area contributed by atoms with Crippen LogP contribution in [-0.2, 0) is 6.61 Å². The molecule has 1 aromatic carbocycles. The first-order valence-corrected chi connectivity index (χ1v) is 6.75. The largest absolute Gasteiger partial charge is 0.489 e. The van der Waals surface area contributed by atoms with E-state index in [1.165, 1.54) is 12.1 Å². The normalized spacial score (nSPS) is 10.1. The van der Waals surface area contributed by atoms with Crippen LogP contribution in [0.2, 0.25) is 0 Å². The number of nitro groups is 1. The molecule has 0 aliphatic carbocycles. The van der Waals surface area contributed by atoms with Gasteiger partial charge in [0, 0.05) is 18.8 Å². The number of aromatic nitrogens is 1. The second-order valence-electron chi connectivity index (χ2n) is 4.52. The number of anilines is 1. The quantitative estimate of drug-likeness (QED) is 0.624. The standard InChI is InChI=1S/C15H17N3O3/c1-2-7-16-15-9-12(6-8-17-15)11-21-14-5-3-4-13(10-14)18(19)20/h3-6,8-10H,2,7,11H2,1H3,(H,16,17). The number of hydrogen-bond donors (Lipinski definition) is 1. The minimum Gasteiger partial charge on any atom is -0.489 e. The average Bonchev–Trinajstić information content (AvgIpc) is 2.51. The third-order valence-corrected chi connectivity index (χ3v) is 2.81. The minimum atomic E-state index is -0.438. The van der Waals surface area contributed by atoms with E-state index in [-0.39, 0.29) is 5.69 Å². The van der Waals surface area contributed by atoms with Gasteiger partial charge in [-0.15, -0.1) is 0 Å². The highest BCUT2D eigenvalue weighted by Crippen LogP contribution is 2.20. The van der Waals surface area contributed by atoms with Crippen molar-refractivity contribution in [3.05, 3.63) is 58.3 Å². The minimum absolute atomic E-state index is 0.0209. The molecular weight excluding hydrogens is 270 g/mol. The monoisotopic (exact) mass is 287 g/mol. The number of ether oxygens (including phenoxy) is 1. The second-order valence-corrected chi connectivity index (χ2v) is 4.52. The molecule has 0 atom stereocenters. The average molecular weight is 287 g/mol. The van der Waals surface area contributed by atoms with Crippen molar-refractivity contribution >= 4 is 11.5 Å². The lowest BCUT2D eigenvalue weighted by molar-refractivity contribution is -0.384. The van der Waals surface area contributed by atoms with E-state index in [1.54, 1.807) is 18.3 Å². The van der Waals surface area contributed by atoms with Gasteiger partial charge >= 0.3 is 0 Å². The molecule has 0 amide bonds. The Morgan fingerprint density at radius 3 is 2.95 bits per heavy atom. The number of non-ortho nitro benzene ring substituents is 1. The van der Waals surface area contributed by atoms with Crippen molar-refractivity contribution in [2.75, 3.05) is 11.9 Å². The van der Waals surface area contributed by atoms with Gasteiger partial charge in [0.05, 0.1) is 11.0 Å². The molecule has 0 fully saturated rings. The summed E-state index contributed by atoms with van der Waals surface area (Å²) >= 11 is 0. The van der Waals surface area contributed by atoms with Crippen molar-refractivity contribution in [2.24, 2.45) is 0 Å². The molecule has 110 valence electrons. The van der Waals surface area contributed by atoms with Gasteiger partial charge in [0.1, 0.15) is 18.2 Å². The van der Waals surface area contributed by atoms with E-state index >= 15 is 0 Å². The molecule has 1 aromatic heterocycles. The first kappa shape index (κ1) is 14.8. The summed E-state index contributed by atoms with van der Waals surface area (Å²) in [5.74, 6) is 1.28. The summed E-state index contributed by atoms with van der Waals surface area (Å²) in [5, 5.41) is 13.9. The second kappa shape index (κ2) is 7.23. The zero-order valence-corrected chi connectivity index (χ0v) is 11.8. The van der Waals surface area contributed by atoms with E-state index < -0.39 is 4.92 Å². The van der Waals surface area contributed by atoms with Crippen LogP contribution in [0.1, 0.15) is 18.9 Å². The third kappa shape index (κ3) is 4.45. The molecule has 6 heteroatoms. The highest BCUT2D eigenvalue weighted by Gasteiger charge is 2.06. The fourth-order valence-electron chi connectivity index (χ4n) is 1.77. The predicted octanol–water partition coefficient (Wildman–Crippen LogP) is 3.39. The number of benzene rings is 1. The SMILES string of the molecule is CCCNc1cc(COc2cccc([N+](=O)[O-])c2)ccn1. The summed E-state index contributed by atoms with van der Waals surface area (Å²) < 4.78 is 5.58. The predicted molar refractivity (Wildman–Crippen MR) is 80.4 cm³/mol. The van der Waals surface area contributed by atoms with Gasteiger partial charge in [-0.25, -0.2) is 4.98 Å². The molecule has 0 unspecified atom stereocenters. The van der Waals surface area contributed by atoms with E-state index in [1.807, 2.05) is 12.1 Å². The van der Waals surface area contributed by atoms with Gasteiger partial charge in [0.2, 0.25) is 0 Å². The van der Waals surface area contributed by atoms with Gasteiger partial charge < -0.3 is 10.1 Å².